The van der Waals surface area contributed by atoms with E-state index in [1.54, 1.807) is 0 Å². The Balaban J connectivity index is 1.51. The molecule has 0 radical (unpaired) electrons. The molecule has 2 heterocycles. The summed E-state index contributed by atoms with van der Waals surface area (Å²) in [6, 6.07) is 14.6. The molecule has 1 N–H and O–H groups in total. The maximum atomic E-state index is 13.0. The van der Waals surface area contributed by atoms with Crippen LogP contribution < -0.4 is 14.8 Å². The Morgan fingerprint density at radius 1 is 1.00 bits per heavy atom. The third kappa shape index (κ3) is 3.01. The number of alkyl halides is 2. The molecule has 0 atom stereocenters. The first-order valence-electron chi connectivity index (χ1n) is 7.23. The Hall–Kier alpha value is -3.42. The SMILES string of the molecule is O=C(Nc1ccc2c(c1)OC(F)(F)O2)c1cc(-c2ccccc2)on1. The molecule has 4 rings (SSSR count). The molecule has 0 aliphatic carbocycles. The lowest BCUT2D eigenvalue weighted by Crippen LogP contribution is -2.25. The topological polar surface area (TPSA) is 73.6 Å². The second-order valence-corrected chi connectivity index (χ2v) is 5.23. The van der Waals surface area contributed by atoms with Gasteiger partial charge in [0, 0.05) is 23.4 Å². The van der Waals surface area contributed by atoms with Gasteiger partial charge in [-0.2, -0.15) is 0 Å². The molecule has 126 valence electrons. The Morgan fingerprint density at radius 3 is 2.56 bits per heavy atom. The molecule has 0 fully saturated rings. The van der Waals surface area contributed by atoms with E-state index in [0.717, 1.165) is 5.56 Å². The zero-order valence-corrected chi connectivity index (χ0v) is 12.5. The van der Waals surface area contributed by atoms with E-state index >= 15 is 0 Å². The van der Waals surface area contributed by atoms with Crippen LogP contribution >= 0.6 is 0 Å². The summed E-state index contributed by atoms with van der Waals surface area (Å²) in [5.41, 5.74) is 1.09. The zero-order chi connectivity index (χ0) is 17.4. The number of fused-ring (bicyclic) bond motifs is 1. The Kier molecular flexibility index (Phi) is 3.38. The fourth-order valence-corrected chi connectivity index (χ4v) is 2.34. The van der Waals surface area contributed by atoms with Gasteiger partial charge in [0.15, 0.2) is 23.0 Å². The fourth-order valence-electron chi connectivity index (χ4n) is 2.34. The van der Waals surface area contributed by atoms with Gasteiger partial charge in [-0.25, -0.2) is 0 Å². The minimum atomic E-state index is -3.71. The maximum Gasteiger partial charge on any atom is 0.586 e. The molecule has 1 aliphatic rings. The number of rotatable bonds is 3. The highest BCUT2D eigenvalue weighted by Crippen LogP contribution is 2.42. The molecular formula is C17H10F2N2O4. The lowest BCUT2D eigenvalue weighted by Gasteiger charge is -2.04. The Morgan fingerprint density at radius 2 is 1.76 bits per heavy atom. The van der Waals surface area contributed by atoms with Crippen molar-refractivity contribution in [3.63, 3.8) is 0 Å². The molecule has 0 saturated heterocycles. The van der Waals surface area contributed by atoms with Gasteiger partial charge in [0.05, 0.1) is 0 Å². The quantitative estimate of drug-likeness (QED) is 0.780. The summed E-state index contributed by atoms with van der Waals surface area (Å²) in [7, 11) is 0. The van der Waals surface area contributed by atoms with E-state index in [4.69, 9.17) is 4.52 Å². The largest absolute Gasteiger partial charge is 0.586 e. The Bertz CT molecular complexity index is 941. The number of carbonyl (C=O) groups is 1. The monoisotopic (exact) mass is 344 g/mol. The van der Waals surface area contributed by atoms with Crippen LogP contribution in [0.25, 0.3) is 11.3 Å². The van der Waals surface area contributed by atoms with Crippen LogP contribution in [-0.2, 0) is 0 Å². The van der Waals surface area contributed by atoms with E-state index in [2.05, 4.69) is 19.9 Å². The lowest BCUT2D eigenvalue weighted by atomic mass is 10.1. The third-order valence-corrected chi connectivity index (χ3v) is 3.46. The van der Waals surface area contributed by atoms with Gasteiger partial charge in [-0.3, -0.25) is 4.79 Å². The summed E-state index contributed by atoms with van der Waals surface area (Å²) in [6.07, 6.45) is -3.71. The number of carbonyl (C=O) groups excluding carboxylic acids is 1. The van der Waals surface area contributed by atoms with Gasteiger partial charge in [-0.15, -0.1) is 8.78 Å². The molecule has 25 heavy (non-hydrogen) atoms. The average Bonchev–Trinajstić information content (AvgIpc) is 3.18. The molecule has 1 amide bonds. The van der Waals surface area contributed by atoms with E-state index in [1.165, 1.54) is 24.3 Å². The number of aromatic nitrogens is 1. The average molecular weight is 344 g/mol. The van der Waals surface area contributed by atoms with Crippen molar-refractivity contribution in [3.05, 3.63) is 60.3 Å². The molecular weight excluding hydrogens is 334 g/mol. The normalized spacial score (nSPS) is 14.3. The van der Waals surface area contributed by atoms with E-state index in [9.17, 15) is 13.6 Å². The van der Waals surface area contributed by atoms with Crippen molar-refractivity contribution in [1.29, 1.82) is 0 Å². The van der Waals surface area contributed by atoms with Crippen LogP contribution in [0.3, 0.4) is 0 Å². The van der Waals surface area contributed by atoms with Crippen molar-refractivity contribution in [3.8, 4) is 22.8 Å². The molecule has 1 aromatic heterocycles. The van der Waals surface area contributed by atoms with Crippen molar-refractivity contribution in [1.82, 2.24) is 5.16 Å². The van der Waals surface area contributed by atoms with E-state index in [1.807, 2.05) is 30.3 Å². The van der Waals surface area contributed by atoms with Crippen LogP contribution in [0.2, 0.25) is 0 Å². The summed E-state index contributed by atoms with van der Waals surface area (Å²) in [5.74, 6) is -0.364. The minimum Gasteiger partial charge on any atom is -0.395 e. The summed E-state index contributed by atoms with van der Waals surface area (Å²) >= 11 is 0. The molecule has 1 aliphatic heterocycles. The standard InChI is InChI=1S/C17H10F2N2O4/c18-17(19)23-13-7-6-11(8-15(13)24-17)20-16(22)12-9-14(25-21-12)10-4-2-1-3-5-10/h1-9H,(H,20,22). The van der Waals surface area contributed by atoms with Crippen LogP contribution in [0, 0.1) is 0 Å². The summed E-state index contributed by atoms with van der Waals surface area (Å²) < 4.78 is 39.8. The third-order valence-electron chi connectivity index (χ3n) is 3.46. The Labute approximate surface area is 140 Å². The summed E-state index contributed by atoms with van der Waals surface area (Å²) in [4.78, 5) is 12.2. The first-order valence-corrected chi connectivity index (χ1v) is 7.23. The van der Waals surface area contributed by atoms with Gasteiger partial charge < -0.3 is 19.3 Å². The molecule has 0 bridgehead atoms. The molecule has 3 aromatic rings. The predicted molar refractivity (Wildman–Crippen MR) is 82.5 cm³/mol. The second-order valence-electron chi connectivity index (χ2n) is 5.23. The molecule has 2 aromatic carbocycles. The number of amides is 1. The number of ether oxygens (including phenoxy) is 2. The fraction of sp³-hybridized carbons (Fsp3) is 0.0588. The lowest BCUT2D eigenvalue weighted by molar-refractivity contribution is -0.286. The number of nitrogens with one attached hydrogen (secondary N) is 1. The summed E-state index contributed by atoms with van der Waals surface area (Å²) in [5, 5.41) is 6.26. The van der Waals surface area contributed by atoms with Crippen molar-refractivity contribution in [2.75, 3.05) is 5.32 Å². The first kappa shape index (κ1) is 15.1. The number of anilines is 1. The van der Waals surface area contributed by atoms with Crippen LogP contribution in [0.1, 0.15) is 10.5 Å². The summed E-state index contributed by atoms with van der Waals surface area (Å²) in [6.45, 7) is 0. The van der Waals surface area contributed by atoms with Gasteiger partial charge >= 0.3 is 6.29 Å². The van der Waals surface area contributed by atoms with E-state index in [0.29, 0.717) is 5.76 Å². The van der Waals surface area contributed by atoms with Gasteiger partial charge in [-0.05, 0) is 12.1 Å². The van der Waals surface area contributed by atoms with Crippen molar-refractivity contribution in [2.45, 2.75) is 6.29 Å². The second kappa shape index (κ2) is 5.59. The molecule has 0 saturated carbocycles. The molecule has 8 heteroatoms. The smallest absolute Gasteiger partial charge is 0.395 e. The van der Waals surface area contributed by atoms with Crippen LogP contribution in [-0.4, -0.2) is 17.4 Å². The number of nitrogens with zero attached hydrogens (tertiary/aromatic N) is 1. The van der Waals surface area contributed by atoms with Crippen molar-refractivity contribution in [2.24, 2.45) is 0 Å². The highest BCUT2D eigenvalue weighted by molar-refractivity contribution is 6.03. The van der Waals surface area contributed by atoms with Crippen LogP contribution in [0.4, 0.5) is 14.5 Å². The molecule has 0 spiro atoms. The highest BCUT2D eigenvalue weighted by Gasteiger charge is 2.43. The number of halogens is 2. The van der Waals surface area contributed by atoms with E-state index in [-0.39, 0.29) is 22.9 Å². The van der Waals surface area contributed by atoms with Crippen LogP contribution in [0.5, 0.6) is 11.5 Å². The van der Waals surface area contributed by atoms with E-state index < -0.39 is 12.2 Å². The first-order chi connectivity index (χ1) is 12.0. The number of benzene rings is 2. The van der Waals surface area contributed by atoms with Gasteiger partial charge in [0.2, 0.25) is 0 Å². The molecule has 0 unspecified atom stereocenters. The minimum absolute atomic E-state index is 0.0573. The maximum absolute atomic E-state index is 13.0. The zero-order valence-electron chi connectivity index (χ0n) is 12.5. The van der Waals surface area contributed by atoms with Crippen molar-refractivity contribution >= 4 is 11.6 Å². The van der Waals surface area contributed by atoms with Crippen molar-refractivity contribution < 1.29 is 27.6 Å². The number of hydrogen-bond donors (Lipinski definition) is 1. The number of hydrogen-bond acceptors (Lipinski definition) is 5. The predicted octanol–water partition coefficient (Wildman–Crippen LogP) is 3.92. The van der Waals surface area contributed by atoms with Gasteiger partial charge in [-0.1, -0.05) is 35.5 Å². The van der Waals surface area contributed by atoms with Crippen LogP contribution in [0.15, 0.2) is 59.1 Å². The highest BCUT2D eigenvalue weighted by atomic mass is 19.3. The molecule has 6 nitrogen and oxygen atoms in total. The van der Waals surface area contributed by atoms with Gasteiger partial charge in [0.25, 0.3) is 5.91 Å². The van der Waals surface area contributed by atoms with Gasteiger partial charge in [0.1, 0.15) is 0 Å².